The van der Waals surface area contributed by atoms with Gasteiger partial charge in [-0.15, -0.1) is 13.2 Å². The van der Waals surface area contributed by atoms with Crippen molar-refractivity contribution in [3.8, 4) is 16.9 Å². The van der Waals surface area contributed by atoms with Crippen molar-refractivity contribution in [2.45, 2.75) is 12.5 Å². The maximum Gasteiger partial charge on any atom is 0.573 e. The Kier molecular flexibility index (Phi) is 4.40. The Morgan fingerprint density at radius 2 is 1.61 bits per heavy atom. The molecule has 122 valence electrons. The number of benzene rings is 2. The van der Waals surface area contributed by atoms with Gasteiger partial charge in [0.05, 0.1) is 5.56 Å². The summed E-state index contributed by atoms with van der Waals surface area (Å²) in [4.78, 5) is 0. The van der Waals surface area contributed by atoms with Crippen LogP contribution >= 0.6 is 0 Å². The number of alkyl halides is 6. The van der Waals surface area contributed by atoms with Gasteiger partial charge in [-0.1, -0.05) is 30.9 Å². The van der Waals surface area contributed by atoms with Crippen LogP contribution in [0.15, 0.2) is 49.0 Å². The molecule has 0 aliphatic rings. The van der Waals surface area contributed by atoms with Crippen molar-refractivity contribution in [2.24, 2.45) is 0 Å². The summed E-state index contributed by atoms with van der Waals surface area (Å²) in [6.45, 7) is 3.48. The van der Waals surface area contributed by atoms with Gasteiger partial charge in [-0.25, -0.2) is 0 Å². The third kappa shape index (κ3) is 4.28. The van der Waals surface area contributed by atoms with Crippen molar-refractivity contribution in [3.05, 3.63) is 60.2 Å². The monoisotopic (exact) mass is 332 g/mol. The van der Waals surface area contributed by atoms with E-state index in [1.54, 1.807) is 0 Å². The molecule has 23 heavy (non-hydrogen) atoms. The first-order valence-electron chi connectivity index (χ1n) is 6.30. The molecule has 0 aliphatic heterocycles. The first-order valence-corrected chi connectivity index (χ1v) is 6.30. The third-order valence-corrected chi connectivity index (χ3v) is 2.97. The van der Waals surface area contributed by atoms with E-state index in [1.807, 2.05) is 0 Å². The molecule has 7 heteroatoms. The fourth-order valence-corrected chi connectivity index (χ4v) is 1.98. The van der Waals surface area contributed by atoms with E-state index in [0.29, 0.717) is 5.56 Å². The molecule has 1 nitrogen and oxygen atoms in total. The zero-order valence-corrected chi connectivity index (χ0v) is 11.5. The fourth-order valence-electron chi connectivity index (χ4n) is 1.98. The maximum atomic E-state index is 12.8. The minimum absolute atomic E-state index is 0.0391. The van der Waals surface area contributed by atoms with Crippen LogP contribution in [-0.2, 0) is 6.18 Å². The normalized spacial score (nSPS) is 12.1. The van der Waals surface area contributed by atoms with Gasteiger partial charge in [0, 0.05) is 5.56 Å². The number of rotatable bonds is 3. The van der Waals surface area contributed by atoms with Gasteiger partial charge >= 0.3 is 12.5 Å². The van der Waals surface area contributed by atoms with Crippen LogP contribution in [0, 0.1) is 0 Å². The van der Waals surface area contributed by atoms with Gasteiger partial charge in [0.25, 0.3) is 0 Å². The minimum Gasteiger partial charge on any atom is -0.405 e. The standard InChI is InChI=1S/C16H10F6O/c1-2-10-6-7-14(23-16(20,21)22)13(8-10)11-4-3-5-12(9-11)15(17,18)19/h2-9H,1H2. The number of halogens is 6. The van der Waals surface area contributed by atoms with E-state index in [9.17, 15) is 26.3 Å². The Morgan fingerprint density at radius 3 is 2.17 bits per heavy atom. The second kappa shape index (κ2) is 5.98. The van der Waals surface area contributed by atoms with Gasteiger partial charge in [0.2, 0.25) is 0 Å². The molecule has 0 bridgehead atoms. The molecule has 0 amide bonds. The van der Waals surface area contributed by atoms with E-state index < -0.39 is 23.9 Å². The van der Waals surface area contributed by atoms with Crippen molar-refractivity contribution >= 4 is 6.08 Å². The smallest absolute Gasteiger partial charge is 0.405 e. The van der Waals surface area contributed by atoms with Gasteiger partial charge in [-0.3, -0.25) is 0 Å². The van der Waals surface area contributed by atoms with E-state index in [-0.39, 0.29) is 11.1 Å². The third-order valence-electron chi connectivity index (χ3n) is 2.97. The molecule has 2 aromatic carbocycles. The second-order valence-electron chi connectivity index (χ2n) is 4.59. The van der Waals surface area contributed by atoms with Gasteiger partial charge in [0.1, 0.15) is 5.75 Å². The first-order chi connectivity index (χ1) is 10.6. The van der Waals surface area contributed by atoms with Crippen LogP contribution in [0.3, 0.4) is 0 Å². The Labute approximate surface area is 127 Å². The summed E-state index contributed by atoms with van der Waals surface area (Å²) >= 11 is 0. The molecule has 0 aromatic heterocycles. The van der Waals surface area contributed by atoms with E-state index in [0.717, 1.165) is 24.3 Å². The summed E-state index contributed by atoms with van der Waals surface area (Å²) in [6, 6.07) is 7.65. The van der Waals surface area contributed by atoms with Gasteiger partial charge in [-0.2, -0.15) is 13.2 Å². The lowest BCUT2D eigenvalue weighted by Crippen LogP contribution is -2.17. The van der Waals surface area contributed by atoms with Crippen molar-refractivity contribution in [1.82, 2.24) is 0 Å². The molecule has 0 heterocycles. The molecule has 2 rings (SSSR count). The predicted molar refractivity (Wildman–Crippen MR) is 73.7 cm³/mol. The molecule has 0 saturated carbocycles. The van der Waals surface area contributed by atoms with Crippen LogP contribution < -0.4 is 4.74 Å². The highest BCUT2D eigenvalue weighted by Gasteiger charge is 2.33. The van der Waals surface area contributed by atoms with Gasteiger partial charge in [0.15, 0.2) is 0 Å². The molecule has 0 radical (unpaired) electrons. The zero-order chi connectivity index (χ0) is 17.3. The first kappa shape index (κ1) is 16.9. The van der Waals surface area contributed by atoms with Crippen LogP contribution in [0.4, 0.5) is 26.3 Å². The van der Waals surface area contributed by atoms with E-state index >= 15 is 0 Å². The van der Waals surface area contributed by atoms with Crippen molar-refractivity contribution in [2.75, 3.05) is 0 Å². The largest absolute Gasteiger partial charge is 0.573 e. The molecular weight excluding hydrogens is 322 g/mol. The lowest BCUT2D eigenvalue weighted by Gasteiger charge is -2.15. The number of hydrogen-bond acceptors (Lipinski definition) is 1. The topological polar surface area (TPSA) is 9.23 Å². The van der Waals surface area contributed by atoms with Crippen LogP contribution in [0.25, 0.3) is 17.2 Å². The number of ether oxygens (including phenoxy) is 1. The maximum absolute atomic E-state index is 12.8. The summed E-state index contributed by atoms with van der Waals surface area (Å²) in [6.07, 6.45) is -8.18. The molecule has 0 saturated heterocycles. The molecule has 0 atom stereocenters. The lowest BCUT2D eigenvalue weighted by molar-refractivity contribution is -0.274. The average molecular weight is 332 g/mol. The zero-order valence-electron chi connectivity index (χ0n) is 11.5. The molecule has 0 unspecified atom stereocenters. The lowest BCUT2D eigenvalue weighted by atomic mass is 10.00. The highest BCUT2D eigenvalue weighted by molar-refractivity contribution is 5.74. The van der Waals surface area contributed by atoms with E-state index in [1.165, 1.54) is 24.3 Å². The van der Waals surface area contributed by atoms with Crippen LogP contribution in [0.5, 0.6) is 5.75 Å². The Balaban J connectivity index is 2.58. The number of hydrogen-bond donors (Lipinski definition) is 0. The Morgan fingerprint density at radius 1 is 0.913 bits per heavy atom. The summed E-state index contributed by atoms with van der Waals surface area (Å²) in [7, 11) is 0. The van der Waals surface area contributed by atoms with Gasteiger partial charge < -0.3 is 4.74 Å². The van der Waals surface area contributed by atoms with Crippen molar-refractivity contribution < 1.29 is 31.1 Å². The summed E-state index contributed by atoms with van der Waals surface area (Å²) in [5.74, 6) is -0.581. The second-order valence-corrected chi connectivity index (χ2v) is 4.59. The Bertz CT molecular complexity index is 715. The van der Waals surface area contributed by atoms with Crippen molar-refractivity contribution in [1.29, 1.82) is 0 Å². The summed E-state index contributed by atoms with van der Waals surface area (Å²) in [5, 5.41) is 0. The molecule has 2 aromatic rings. The SMILES string of the molecule is C=Cc1ccc(OC(F)(F)F)c(-c2cccc(C(F)(F)F)c2)c1. The molecule has 0 aliphatic carbocycles. The summed E-state index contributed by atoms with van der Waals surface area (Å²) < 4.78 is 79.6. The van der Waals surface area contributed by atoms with Gasteiger partial charge in [-0.05, 0) is 35.4 Å². The molecule has 0 spiro atoms. The molecular formula is C16H10F6O. The average Bonchev–Trinajstić information content (AvgIpc) is 2.45. The minimum atomic E-state index is -4.95. The van der Waals surface area contributed by atoms with Crippen LogP contribution in [-0.4, -0.2) is 6.36 Å². The highest BCUT2D eigenvalue weighted by Crippen LogP contribution is 2.37. The van der Waals surface area contributed by atoms with E-state index in [2.05, 4.69) is 11.3 Å². The van der Waals surface area contributed by atoms with Crippen LogP contribution in [0.1, 0.15) is 11.1 Å². The van der Waals surface area contributed by atoms with E-state index in [4.69, 9.17) is 0 Å². The highest BCUT2D eigenvalue weighted by atomic mass is 19.4. The Hall–Kier alpha value is -2.44. The quantitative estimate of drug-likeness (QED) is 0.635. The molecule has 0 N–H and O–H groups in total. The fraction of sp³-hybridized carbons (Fsp3) is 0.125. The predicted octanol–water partition coefficient (Wildman–Crippen LogP) is 5.91. The van der Waals surface area contributed by atoms with Crippen LogP contribution in [0.2, 0.25) is 0 Å². The molecule has 0 fully saturated rings. The summed E-state index contributed by atoms with van der Waals surface area (Å²) in [5.41, 5.74) is -0.655. The van der Waals surface area contributed by atoms with Crippen molar-refractivity contribution in [3.63, 3.8) is 0 Å².